The SMILES string of the molecule is CCNC1CCCN(C(C)C(=O)NCCOC)C1. The third-order valence-corrected chi connectivity index (χ3v) is 3.48. The fourth-order valence-electron chi connectivity index (χ4n) is 2.40. The number of likely N-dealkylation sites (N-methyl/N-ethyl adjacent to an activating group) is 1. The molecule has 1 fully saturated rings. The lowest BCUT2D eigenvalue weighted by molar-refractivity contribution is -0.126. The van der Waals surface area contributed by atoms with E-state index in [1.807, 2.05) is 6.92 Å². The number of carbonyl (C=O) groups excluding carboxylic acids is 1. The van der Waals surface area contributed by atoms with Crippen molar-refractivity contribution in [2.24, 2.45) is 0 Å². The molecular weight excluding hydrogens is 230 g/mol. The van der Waals surface area contributed by atoms with E-state index in [-0.39, 0.29) is 11.9 Å². The first-order valence-electron chi connectivity index (χ1n) is 6.93. The molecule has 0 aromatic carbocycles. The van der Waals surface area contributed by atoms with Gasteiger partial charge < -0.3 is 15.4 Å². The van der Waals surface area contributed by atoms with Crippen LogP contribution in [0.1, 0.15) is 26.7 Å². The predicted molar refractivity (Wildman–Crippen MR) is 72.6 cm³/mol. The minimum atomic E-state index is -0.0525. The van der Waals surface area contributed by atoms with Gasteiger partial charge in [0.05, 0.1) is 12.6 Å². The molecule has 0 aromatic rings. The van der Waals surface area contributed by atoms with Gasteiger partial charge in [-0.2, -0.15) is 0 Å². The van der Waals surface area contributed by atoms with Gasteiger partial charge in [-0.1, -0.05) is 6.92 Å². The third-order valence-electron chi connectivity index (χ3n) is 3.48. The monoisotopic (exact) mass is 257 g/mol. The van der Waals surface area contributed by atoms with Crippen LogP contribution in [0.4, 0.5) is 0 Å². The van der Waals surface area contributed by atoms with Crippen molar-refractivity contribution in [1.29, 1.82) is 0 Å². The van der Waals surface area contributed by atoms with Crippen molar-refractivity contribution >= 4 is 5.91 Å². The van der Waals surface area contributed by atoms with Crippen LogP contribution in [0.25, 0.3) is 0 Å². The Morgan fingerprint density at radius 1 is 1.56 bits per heavy atom. The number of likely N-dealkylation sites (tertiary alicyclic amines) is 1. The topological polar surface area (TPSA) is 53.6 Å². The van der Waals surface area contributed by atoms with Gasteiger partial charge in [0.1, 0.15) is 0 Å². The third kappa shape index (κ3) is 4.92. The predicted octanol–water partition coefficient (Wildman–Crippen LogP) is 0.211. The summed E-state index contributed by atoms with van der Waals surface area (Å²) in [6.07, 6.45) is 2.37. The van der Waals surface area contributed by atoms with Crippen LogP contribution >= 0.6 is 0 Å². The summed E-state index contributed by atoms with van der Waals surface area (Å²) in [6.45, 7) is 8.24. The van der Waals surface area contributed by atoms with E-state index in [1.165, 1.54) is 6.42 Å². The van der Waals surface area contributed by atoms with E-state index in [4.69, 9.17) is 4.74 Å². The van der Waals surface area contributed by atoms with Gasteiger partial charge in [0.2, 0.25) is 5.91 Å². The molecule has 0 radical (unpaired) electrons. The first-order chi connectivity index (χ1) is 8.69. The minimum Gasteiger partial charge on any atom is -0.383 e. The Hall–Kier alpha value is -0.650. The van der Waals surface area contributed by atoms with Crippen LogP contribution in [0, 0.1) is 0 Å². The molecule has 0 aromatic heterocycles. The Balaban J connectivity index is 2.35. The average molecular weight is 257 g/mol. The Labute approximate surface area is 110 Å². The van der Waals surface area contributed by atoms with Crippen LogP contribution in [0.2, 0.25) is 0 Å². The summed E-state index contributed by atoms with van der Waals surface area (Å²) in [4.78, 5) is 14.2. The standard InChI is InChI=1S/C13H27N3O2/c1-4-14-12-6-5-8-16(10-12)11(2)13(17)15-7-9-18-3/h11-12,14H,4-10H2,1-3H3,(H,15,17). The van der Waals surface area contributed by atoms with Crippen LogP contribution in [0.15, 0.2) is 0 Å². The van der Waals surface area contributed by atoms with Gasteiger partial charge in [-0.25, -0.2) is 0 Å². The van der Waals surface area contributed by atoms with Crippen LogP contribution < -0.4 is 10.6 Å². The molecule has 2 atom stereocenters. The number of amides is 1. The van der Waals surface area contributed by atoms with Crippen LogP contribution in [0.5, 0.6) is 0 Å². The molecule has 0 saturated carbocycles. The van der Waals surface area contributed by atoms with E-state index >= 15 is 0 Å². The van der Waals surface area contributed by atoms with Crippen LogP contribution in [-0.2, 0) is 9.53 Å². The maximum atomic E-state index is 12.0. The number of nitrogens with zero attached hydrogens (tertiary/aromatic N) is 1. The summed E-state index contributed by atoms with van der Waals surface area (Å²) in [6, 6.07) is 0.473. The van der Waals surface area contributed by atoms with Gasteiger partial charge in [0, 0.05) is 26.2 Å². The van der Waals surface area contributed by atoms with Crippen molar-refractivity contribution in [3.8, 4) is 0 Å². The van der Waals surface area contributed by atoms with Crippen molar-refractivity contribution < 1.29 is 9.53 Å². The zero-order chi connectivity index (χ0) is 13.4. The molecular formula is C13H27N3O2. The normalized spacial score (nSPS) is 22.7. The fourth-order valence-corrected chi connectivity index (χ4v) is 2.40. The first kappa shape index (κ1) is 15.4. The lowest BCUT2D eigenvalue weighted by Crippen LogP contribution is -2.53. The largest absolute Gasteiger partial charge is 0.383 e. The summed E-state index contributed by atoms with van der Waals surface area (Å²) in [5, 5.41) is 6.37. The second-order valence-corrected chi connectivity index (χ2v) is 4.85. The van der Waals surface area contributed by atoms with E-state index in [1.54, 1.807) is 7.11 Å². The maximum absolute atomic E-state index is 12.0. The summed E-state index contributed by atoms with van der Waals surface area (Å²) >= 11 is 0. The molecule has 1 rings (SSSR count). The number of nitrogens with one attached hydrogen (secondary N) is 2. The van der Waals surface area contributed by atoms with Crippen LogP contribution in [0.3, 0.4) is 0 Å². The van der Waals surface area contributed by atoms with E-state index in [2.05, 4.69) is 22.5 Å². The molecule has 106 valence electrons. The highest BCUT2D eigenvalue weighted by molar-refractivity contribution is 5.81. The van der Waals surface area contributed by atoms with Gasteiger partial charge in [-0.15, -0.1) is 0 Å². The average Bonchev–Trinajstić information content (AvgIpc) is 2.39. The van der Waals surface area contributed by atoms with E-state index in [9.17, 15) is 4.79 Å². The second kappa shape index (κ2) is 8.45. The van der Waals surface area contributed by atoms with Gasteiger partial charge in [0.25, 0.3) is 0 Å². The lowest BCUT2D eigenvalue weighted by Gasteiger charge is -2.36. The molecule has 1 amide bonds. The molecule has 2 N–H and O–H groups in total. The Kier molecular flexibility index (Phi) is 7.23. The number of piperidine rings is 1. The highest BCUT2D eigenvalue weighted by Crippen LogP contribution is 2.13. The Morgan fingerprint density at radius 3 is 3.00 bits per heavy atom. The van der Waals surface area contributed by atoms with E-state index in [0.29, 0.717) is 19.2 Å². The molecule has 1 aliphatic rings. The number of carbonyl (C=O) groups is 1. The number of hydrogen-bond acceptors (Lipinski definition) is 4. The van der Waals surface area contributed by atoms with Crippen molar-refractivity contribution in [2.75, 3.05) is 39.9 Å². The number of hydrogen-bond donors (Lipinski definition) is 2. The highest BCUT2D eigenvalue weighted by atomic mass is 16.5. The summed E-state index contributed by atoms with van der Waals surface area (Å²) in [5.74, 6) is 0.101. The van der Waals surface area contributed by atoms with Gasteiger partial charge >= 0.3 is 0 Å². The van der Waals surface area contributed by atoms with Crippen molar-refractivity contribution in [2.45, 2.75) is 38.8 Å². The van der Waals surface area contributed by atoms with E-state index in [0.717, 1.165) is 26.1 Å². The van der Waals surface area contributed by atoms with Crippen molar-refractivity contribution in [3.63, 3.8) is 0 Å². The molecule has 1 heterocycles. The van der Waals surface area contributed by atoms with Gasteiger partial charge in [-0.05, 0) is 32.9 Å². The maximum Gasteiger partial charge on any atom is 0.237 e. The molecule has 0 aliphatic carbocycles. The molecule has 2 unspecified atom stereocenters. The number of ether oxygens (including phenoxy) is 1. The van der Waals surface area contributed by atoms with Crippen LogP contribution in [-0.4, -0.2) is 62.8 Å². The Morgan fingerprint density at radius 2 is 2.33 bits per heavy atom. The summed E-state index contributed by atoms with van der Waals surface area (Å²) in [7, 11) is 1.64. The van der Waals surface area contributed by atoms with Crippen molar-refractivity contribution in [3.05, 3.63) is 0 Å². The molecule has 1 saturated heterocycles. The quantitative estimate of drug-likeness (QED) is 0.640. The highest BCUT2D eigenvalue weighted by Gasteiger charge is 2.26. The summed E-state index contributed by atoms with van der Waals surface area (Å²) < 4.78 is 4.93. The minimum absolute atomic E-state index is 0.0525. The molecule has 0 bridgehead atoms. The zero-order valence-corrected chi connectivity index (χ0v) is 11.9. The summed E-state index contributed by atoms with van der Waals surface area (Å²) in [5.41, 5.74) is 0. The molecule has 1 aliphatic heterocycles. The van der Waals surface area contributed by atoms with Gasteiger partial charge in [0.15, 0.2) is 0 Å². The molecule has 18 heavy (non-hydrogen) atoms. The lowest BCUT2D eigenvalue weighted by atomic mass is 10.0. The van der Waals surface area contributed by atoms with Crippen molar-refractivity contribution in [1.82, 2.24) is 15.5 Å². The molecule has 5 nitrogen and oxygen atoms in total. The Bertz CT molecular complexity index is 246. The second-order valence-electron chi connectivity index (χ2n) is 4.85. The number of methoxy groups -OCH3 is 1. The molecule has 5 heteroatoms. The smallest absolute Gasteiger partial charge is 0.237 e. The number of rotatable bonds is 7. The van der Waals surface area contributed by atoms with E-state index < -0.39 is 0 Å². The first-order valence-corrected chi connectivity index (χ1v) is 6.93. The van der Waals surface area contributed by atoms with Gasteiger partial charge in [-0.3, -0.25) is 9.69 Å². The zero-order valence-electron chi connectivity index (χ0n) is 11.9. The molecule has 0 spiro atoms. The fraction of sp³-hybridized carbons (Fsp3) is 0.923.